The van der Waals surface area contributed by atoms with Gasteiger partial charge < -0.3 is 0 Å². The standard InChI is InChI=1S/C30H50/c1-3-5-7-9-11-25-13-17-27(18-14-25)29-21-23-30(24-22-29)28-19-15-26(16-20-28)12-10-8-6-4-2/h13-14,17-18,26,28-30H,3-12,15-16,19-24H2,1-2H3. The summed E-state index contributed by atoms with van der Waals surface area (Å²) in [6.07, 6.45) is 26.1. The van der Waals surface area contributed by atoms with Crippen molar-refractivity contribution in [3.05, 3.63) is 35.4 Å². The van der Waals surface area contributed by atoms with Crippen molar-refractivity contribution in [1.29, 1.82) is 0 Å². The van der Waals surface area contributed by atoms with E-state index in [1.165, 1.54) is 103 Å². The predicted octanol–water partition coefficient (Wildman–Crippen LogP) is 9.86. The molecule has 0 aromatic heterocycles. The molecule has 0 heterocycles. The van der Waals surface area contributed by atoms with Crippen molar-refractivity contribution >= 4 is 0 Å². The zero-order chi connectivity index (χ0) is 21.0. The molecule has 0 aliphatic heterocycles. The monoisotopic (exact) mass is 410 g/mol. The summed E-state index contributed by atoms with van der Waals surface area (Å²) >= 11 is 0. The molecule has 0 atom stereocenters. The second kappa shape index (κ2) is 13.6. The molecule has 170 valence electrons. The summed E-state index contributed by atoms with van der Waals surface area (Å²) in [5, 5.41) is 0. The van der Waals surface area contributed by atoms with Crippen LogP contribution in [0.15, 0.2) is 24.3 Å². The van der Waals surface area contributed by atoms with Crippen molar-refractivity contribution in [2.75, 3.05) is 0 Å². The first-order valence-corrected chi connectivity index (χ1v) is 13.9. The van der Waals surface area contributed by atoms with Crippen molar-refractivity contribution in [2.45, 2.75) is 135 Å². The van der Waals surface area contributed by atoms with Gasteiger partial charge in [0.25, 0.3) is 0 Å². The van der Waals surface area contributed by atoms with E-state index in [0.717, 1.165) is 23.7 Å². The third kappa shape index (κ3) is 7.72. The van der Waals surface area contributed by atoms with Crippen LogP contribution in [0.5, 0.6) is 0 Å². The van der Waals surface area contributed by atoms with E-state index < -0.39 is 0 Å². The first kappa shape index (κ1) is 23.9. The number of hydrogen-bond donors (Lipinski definition) is 0. The number of rotatable bonds is 12. The van der Waals surface area contributed by atoms with E-state index in [9.17, 15) is 0 Å². The van der Waals surface area contributed by atoms with Crippen LogP contribution in [0.25, 0.3) is 0 Å². The Morgan fingerprint density at radius 1 is 0.600 bits per heavy atom. The molecule has 2 aliphatic rings. The number of aryl methyl sites for hydroxylation is 1. The lowest BCUT2D eigenvalue weighted by atomic mass is 9.68. The molecule has 0 N–H and O–H groups in total. The fraction of sp³-hybridized carbons (Fsp3) is 0.800. The third-order valence-corrected chi connectivity index (χ3v) is 8.57. The summed E-state index contributed by atoms with van der Waals surface area (Å²) in [6.45, 7) is 4.62. The number of benzene rings is 1. The van der Waals surface area contributed by atoms with Gasteiger partial charge >= 0.3 is 0 Å². The molecule has 0 amide bonds. The Kier molecular flexibility index (Phi) is 10.8. The minimum absolute atomic E-state index is 0.838. The van der Waals surface area contributed by atoms with Crippen LogP contribution in [0, 0.1) is 17.8 Å². The van der Waals surface area contributed by atoms with Gasteiger partial charge in [0.2, 0.25) is 0 Å². The highest BCUT2D eigenvalue weighted by Crippen LogP contribution is 2.44. The Morgan fingerprint density at radius 2 is 1.17 bits per heavy atom. The lowest BCUT2D eigenvalue weighted by Gasteiger charge is -2.38. The van der Waals surface area contributed by atoms with Crippen LogP contribution < -0.4 is 0 Å². The molecular weight excluding hydrogens is 360 g/mol. The van der Waals surface area contributed by atoms with Gasteiger partial charge in [0.05, 0.1) is 0 Å². The van der Waals surface area contributed by atoms with Crippen molar-refractivity contribution in [3.8, 4) is 0 Å². The minimum Gasteiger partial charge on any atom is -0.0654 e. The molecule has 0 unspecified atom stereocenters. The molecule has 0 heteroatoms. The average molecular weight is 411 g/mol. The van der Waals surface area contributed by atoms with Crippen molar-refractivity contribution < 1.29 is 0 Å². The van der Waals surface area contributed by atoms with Gasteiger partial charge in [0.1, 0.15) is 0 Å². The molecule has 2 aliphatic carbocycles. The van der Waals surface area contributed by atoms with Crippen LogP contribution in [0.2, 0.25) is 0 Å². The van der Waals surface area contributed by atoms with Gasteiger partial charge in [-0.15, -0.1) is 0 Å². The molecule has 0 spiro atoms. The van der Waals surface area contributed by atoms with Crippen molar-refractivity contribution in [3.63, 3.8) is 0 Å². The molecular formula is C30H50. The summed E-state index contributed by atoms with van der Waals surface area (Å²) in [7, 11) is 0. The maximum absolute atomic E-state index is 2.46. The van der Waals surface area contributed by atoms with Gasteiger partial charge in [-0.2, -0.15) is 0 Å². The van der Waals surface area contributed by atoms with E-state index in [4.69, 9.17) is 0 Å². The molecule has 2 fully saturated rings. The Morgan fingerprint density at radius 3 is 1.77 bits per heavy atom. The van der Waals surface area contributed by atoms with Crippen molar-refractivity contribution in [2.24, 2.45) is 17.8 Å². The summed E-state index contributed by atoms with van der Waals surface area (Å²) in [6, 6.07) is 9.78. The maximum Gasteiger partial charge on any atom is -0.0162 e. The third-order valence-electron chi connectivity index (χ3n) is 8.57. The average Bonchev–Trinajstić information content (AvgIpc) is 2.81. The van der Waals surface area contributed by atoms with E-state index in [2.05, 4.69) is 38.1 Å². The largest absolute Gasteiger partial charge is 0.0654 e. The lowest BCUT2D eigenvalue weighted by Crippen LogP contribution is -2.25. The molecule has 0 bridgehead atoms. The zero-order valence-corrected chi connectivity index (χ0v) is 20.3. The van der Waals surface area contributed by atoms with Crippen LogP contribution in [0.4, 0.5) is 0 Å². The summed E-state index contributed by atoms with van der Waals surface area (Å²) in [5.74, 6) is 4.00. The highest BCUT2D eigenvalue weighted by molar-refractivity contribution is 5.26. The zero-order valence-electron chi connectivity index (χ0n) is 20.3. The Bertz CT molecular complexity index is 540. The topological polar surface area (TPSA) is 0 Å². The Balaban J connectivity index is 1.34. The van der Waals surface area contributed by atoms with Crippen LogP contribution in [0.1, 0.15) is 140 Å². The van der Waals surface area contributed by atoms with E-state index in [0.29, 0.717) is 0 Å². The lowest BCUT2D eigenvalue weighted by molar-refractivity contribution is 0.155. The highest BCUT2D eigenvalue weighted by atomic mass is 14.4. The molecule has 1 aromatic rings. The number of unbranched alkanes of at least 4 members (excludes halogenated alkanes) is 6. The van der Waals surface area contributed by atoms with Gasteiger partial charge in [-0.3, -0.25) is 0 Å². The van der Waals surface area contributed by atoms with Gasteiger partial charge in [-0.25, -0.2) is 0 Å². The van der Waals surface area contributed by atoms with Gasteiger partial charge in [-0.05, 0) is 86.2 Å². The first-order valence-electron chi connectivity index (χ1n) is 13.9. The first-order chi connectivity index (χ1) is 14.8. The van der Waals surface area contributed by atoms with Crippen LogP contribution in [0.3, 0.4) is 0 Å². The van der Waals surface area contributed by atoms with Gasteiger partial charge in [0.15, 0.2) is 0 Å². The van der Waals surface area contributed by atoms with Crippen molar-refractivity contribution in [1.82, 2.24) is 0 Å². The molecule has 0 saturated heterocycles. The molecule has 0 nitrogen and oxygen atoms in total. The molecule has 0 radical (unpaired) electrons. The summed E-state index contributed by atoms with van der Waals surface area (Å²) in [5.41, 5.74) is 3.18. The van der Waals surface area contributed by atoms with Gasteiger partial charge in [0, 0.05) is 0 Å². The summed E-state index contributed by atoms with van der Waals surface area (Å²) < 4.78 is 0. The maximum atomic E-state index is 2.46. The summed E-state index contributed by atoms with van der Waals surface area (Å²) in [4.78, 5) is 0. The van der Waals surface area contributed by atoms with E-state index in [1.807, 2.05) is 0 Å². The second-order valence-corrected chi connectivity index (χ2v) is 10.8. The second-order valence-electron chi connectivity index (χ2n) is 10.8. The Labute approximate surface area is 188 Å². The van der Waals surface area contributed by atoms with Gasteiger partial charge in [-0.1, -0.05) is 102 Å². The fourth-order valence-electron chi connectivity index (χ4n) is 6.44. The molecule has 2 saturated carbocycles. The number of hydrogen-bond acceptors (Lipinski definition) is 0. The molecule has 3 rings (SSSR count). The highest BCUT2D eigenvalue weighted by Gasteiger charge is 2.31. The Hall–Kier alpha value is -0.780. The van der Waals surface area contributed by atoms with E-state index in [-0.39, 0.29) is 0 Å². The quantitative estimate of drug-likeness (QED) is 0.301. The van der Waals surface area contributed by atoms with Crippen LogP contribution in [-0.2, 0) is 6.42 Å². The fourth-order valence-corrected chi connectivity index (χ4v) is 6.44. The van der Waals surface area contributed by atoms with Crippen LogP contribution >= 0.6 is 0 Å². The molecule has 30 heavy (non-hydrogen) atoms. The smallest absolute Gasteiger partial charge is 0.0162 e. The molecule has 1 aromatic carbocycles. The van der Waals surface area contributed by atoms with E-state index in [1.54, 1.807) is 24.0 Å². The minimum atomic E-state index is 0.838. The van der Waals surface area contributed by atoms with E-state index >= 15 is 0 Å². The normalized spacial score (nSPS) is 27.3. The predicted molar refractivity (Wildman–Crippen MR) is 133 cm³/mol. The van der Waals surface area contributed by atoms with Crippen LogP contribution in [-0.4, -0.2) is 0 Å². The SMILES string of the molecule is CCCCCCc1ccc(C2CCC(C3CCC(CCCCCC)CC3)CC2)cc1.